The number of halogens is 1. The molecule has 0 aromatic carbocycles. The van der Waals surface area contributed by atoms with Gasteiger partial charge in [0.15, 0.2) is 0 Å². The Morgan fingerprint density at radius 1 is 1.15 bits per heavy atom. The smallest absolute Gasteiger partial charge is 0.780 e. The minimum absolute atomic E-state index is 0. The summed E-state index contributed by atoms with van der Waals surface area (Å²) in [7, 11) is -12.2. The van der Waals surface area contributed by atoms with Crippen LogP contribution >= 0.6 is 25.0 Å². The largest absolute Gasteiger partial charge is 1.00 e. The van der Waals surface area contributed by atoms with E-state index < -0.39 is 51.7 Å². The van der Waals surface area contributed by atoms with E-state index in [0.717, 1.165) is 0 Å². The zero-order valence-corrected chi connectivity index (χ0v) is 25.5. The first-order valence-corrected chi connectivity index (χ1v) is 11.0. The van der Waals surface area contributed by atoms with Crippen molar-refractivity contribution >= 4 is 81.9 Å². The van der Waals surface area contributed by atoms with E-state index in [2.05, 4.69) is 23.8 Å². The number of rotatable bonds is 3. The predicted octanol–water partition coefficient (Wildman–Crippen LogP) is -11.9. The van der Waals surface area contributed by atoms with Crippen molar-refractivity contribution in [1.29, 1.82) is 0 Å². The molecule has 0 fully saturated rings. The van der Waals surface area contributed by atoms with E-state index in [1.165, 1.54) is 0 Å². The number of hydrogen-bond donors (Lipinski definition) is 6. The Morgan fingerprint density at radius 2 is 1.30 bits per heavy atom. The van der Waals surface area contributed by atoms with Gasteiger partial charge < -0.3 is 29.1 Å². The van der Waals surface area contributed by atoms with Gasteiger partial charge in [-0.2, -0.15) is 21.0 Å². The molecule has 0 saturated carbocycles. The normalized spacial score (nSPS) is 12.1. The molecule has 0 heterocycles. The zero-order valence-electron chi connectivity index (χ0n) is 13.7. The molecule has 0 aliphatic carbocycles. The van der Waals surface area contributed by atoms with E-state index in [9.17, 15) is 17.4 Å². The van der Waals surface area contributed by atoms with Crippen molar-refractivity contribution in [3.63, 3.8) is 0 Å². The molecule has 27 heavy (non-hydrogen) atoms. The maximum Gasteiger partial charge on any atom is 1.00 e. The molecule has 14 nitrogen and oxygen atoms in total. The van der Waals surface area contributed by atoms with Gasteiger partial charge in [0.1, 0.15) is 6.04 Å². The standard InChI is InChI=1S/C3H7NO2S.ClH.3Na.H2O5S2.H2O3S2.H2O3S/c4-2(1-7)3(5)6;;;;;1-6(2)7(3,4)5;1-5(2,3)4;1-4(2)3/h2,7H,1,4H2,(H,5,6);1H;;;;(H,1,2)(H,3,4,5);(H2,1,2,3,4);(H2,1,2,3)/q;;3*+1;;;/p-3. The molecule has 24 heteroatoms. The fraction of sp³-hybridized carbons (Fsp3) is 0.667. The summed E-state index contributed by atoms with van der Waals surface area (Å²) in [5.41, 5.74) is 4.94. The molecule has 0 aliphatic heterocycles. The summed E-state index contributed by atoms with van der Waals surface area (Å²) in [4.78, 5) is 9.76. The topological polar surface area (TPSA) is 279 Å². The molecule has 0 bridgehead atoms. The van der Waals surface area contributed by atoms with Crippen LogP contribution in [-0.2, 0) is 55.7 Å². The summed E-state index contributed by atoms with van der Waals surface area (Å²) < 4.78 is 93.8. The summed E-state index contributed by atoms with van der Waals surface area (Å²) >= 11 is 4.03. The van der Waals surface area contributed by atoms with Crippen molar-refractivity contribution in [2.45, 2.75) is 6.04 Å². The van der Waals surface area contributed by atoms with Crippen molar-refractivity contribution in [1.82, 2.24) is 0 Å². The monoisotopic (exact) mass is 565 g/mol. The molecular formula is C3H11ClNNa3O13S6. The number of carboxylic acids is 1. The maximum atomic E-state index is 9.76. The molecule has 0 saturated heterocycles. The third kappa shape index (κ3) is 93.0. The first kappa shape index (κ1) is 52.4. The van der Waals surface area contributed by atoms with Crippen LogP contribution in [0.3, 0.4) is 0 Å². The van der Waals surface area contributed by atoms with Crippen molar-refractivity contribution in [2.75, 3.05) is 5.75 Å². The van der Waals surface area contributed by atoms with Gasteiger partial charge in [0.05, 0.1) is 11.4 Å². The van der Waals surface area contributed by atoms with Crippen molar-refractivity contribution in [2.24, 2.45) is 5.73 Å². The average molecular weight is 566 g/mol. The molecule has 0 radical (unpaired) electrons. The Labute approximate surface area is 242 Å². The quantitative estimate of drug-likeness (QED) is 0.0608. The second-order valence-electron chi connectivity index (χ2n) is 2.40. The number of carboxylic acid groups (broad SMARTS) is 1. The zero-order chi connectivity index (χ0) is 20.0. The Morgan fingerprint density at radius 3 is 1.30 bits per heavy atom. The minimum atomic E-state index is -4.71. The maximum absolute atomic E-state index is 9.76. The Kier molecular flexibility index (Phi) is 57.2. The van der Waals surface area contributed by atoms with Crippen LogP contribution in [0.5, 0.6) is 0 Å². The SMILES string of the molecule is Cl.NC(CS)C(=O)O.O=S(O)S(=O)(=O)O.O=S([O-])([O-])=S.O=S([O-])O.[Na+].[Na+].[Na+]. The Hall–Kier alpha value is 3.45. The van der Waals surface area contributed by atoms with Gasteiger partial charge in [0, 0.05) is 5.75 Å². The van der Waals surface area contributed by atoms with Crippen LogP contribution < -0.4 is 94.4 Å². The first-order chi connectivity index (χ1) is 9.86. The van der Waals surface area contributed by atoms with Crippen LogP contribution in [0.1, 0.15) is 0 Å². The van der Waals surface area contributed by atoms with Crippen LogP contribution in [0, 0.1) is 0 Å². The summed E-state index contributed by atoms with van der Waals surface area (Å²) in [6.45, 7) is 0. The summed E-state index contributed by atoms with van der Waals surface area (Å²) in [6, 6.07) is -0.816. The number of thiol groups is 1. The second kappa shape index (κ2) is 29.5. The van der Waals surface area contributed by atoms with Gasteiger partial charge in [0.2, 0.25) is 0 Å². The van der Waals surface area contributed by atoms with Gasteiger partial charge in [-0.25, -0.2) is 8.42 Å². The van der Waals surface area contributed by atoms with E-state index in [1.807, 2.05) is 0 Å². The van der Waals surface area contributed by atoms with E-state index >= 15 is 0 Å². The Bertz CT molecular complexity index is 572. The van der Waals surface area contributed by atoms with Gasteiger partial charge in [-0.1, -0.05) is 0 Å². The van der Waals surface area contributed by atoms with E-state index in [1.54, 1.807) is 0 Å². The van der Waals surface area contributed by atoms with Crippen LogP contribution in [0.2, 0.25) is 0 Å². The van der Waals surface area contributed by atoms with Gasteiger partial charge in [-0.3, -0.25) is 18.1 Å². The number of nitrogens with two attached hydrogens (primary N) is 1. The molecule has 0 spiro atoms. The van der Waals surface area contributed by atoms with Gasteiger partial charge in [-0.15, -0.1) is 21.5 Å². The molecule has 0 rings (SSSR count). The van der Waals surface area contributed by atoms with E-state index in [0.29, 0.717) is 0 Å². The minimum Gasteiger partial charge on any atom is -0.780 e. The number of hydrogen-bond acceptors (Lipinski definition) is 12. The molecule has 0 aromatic rings. The molecule has 152 valence electrons. The second-order valence-corrected chi connectivity index (χ2v) is 8.65. The summed E-state index contributed by atoms with van der Waals surface area (Å²) in [5.74, 6) is -0.815. The molecular weight excluding hydrogens is 555 g/mol. The number of aliphatic carboxylic acids is 1. The summed E-state index contributed by atoms with van der Waals surface area (Å²) in [6.07, 6.45) is 0. The Balaban J connectivity index is -0.0000000289. The van der Waals surface area contributed by atoms with Gasteiger partial charge in [0.25, 0.3) is 0 Å². The molecule has 0 amide bonds. The van der Waals surface area contributed by atoms with E-state index in [4.69, 9.17) is 46.6 Å². The summed E-state index contributed by atoms with van der Waals surface area (Å²) in [5, 5.41) is 8.01. The number of carbonyl (C=O) groups is 1. The van der Waals surface area contributed by atoms with Crippen molar-refractivity contribution < 1.29 is 147 Å². The van der Waals surface area contributed by atoms with Crippen molar-refractivity contribution in [3.8, 4) is 0 Å². The molecule has 6 N–H and O–H groups in total. The molecule has 3 unspecified atom stereocenters. The average Bonchev–Trinajstić information content (AvgIpc) is 2.24. The fourth-order valence-electron chi connectivity index (χ4n) is 0.0781. The molecule has 3 atom stereocenters. The van der Waals surface area contributed by atoms with E-state index in [-0.39, 0.29) is 107 Å². The van der Waals surface area contributed by atoms with Crippen molar-refractivity contribution in [3.05, 3.63) is 0 Å². The predicted molar refractivity (Wildman–Crippen MR) is 87.6 cm³/mol. The third-order valence-corrected chi connectivity index (χ3v) is 2.53. The van der Waals surface area contributed by atoms with Crippen LogP contribution in [-0.4, -0.2) is 71.2 Å². The van der Waals surface area contributed by atoms with Crippen LogP contribution in [0.25, 0.3) is 0 Å². The third-order valence-electron chi connectivity index (χ3n) is 0.694. The molecule has 0 aromatic heterocycles. The first-order valence-electron chi connectivity index (χ1n) is 3.99. The van der Waals surface area contributed by atoms with Crippen LogP contribution in [0.4, 0.5) is 0 Å². The van der Waals surface area contributed by atoms with Crippen LogP contribution in [0.15, 0.2) is 0 Å². The van der Waals surface area contributed by atoms with Gasteiger partial charge >= 0.3 is 114 Å². The fourth-order valence-corrected chi connectivity index (χ4v) is 0.234. The van der Waals surface area contributed by atoms with Gasteiger partial charge in [-0.05, 0) is 11.2 Å². The molecule has 0 aliphatic rings.